The van der Waals surface area contributed by atoms with E-state index in [2.05, 4.69) is 10.4 Å². The Kier molecular flexibility index (Phi) is 7.24. The van der Waals surface area contributed by atoms with Crippen molar-refractivity contribution in [1.29, 1.82) is 0 Å². The highest BCUT2D eigenvalue weighted by Crippen LogP contribution is 2.20. The molecular weight excluding hydrogens is 446 g/mol. The lowest BCUT2D eigenvalue weighted by Crippen LogP contribution is -2.30. The van der Waals surface area contributed by atoms with Crippen LogP contribution in [0.3, 0.4) is 0 Å². The number of nitrogens with zero attached hydrogens (tertiary/aromatic N) is 4. The van der Waals surface area contributed by atoms with Gasteiger partial charge in [0.05, 0.1) is 33.3 Å². The molecule has 1 amide bonds. The molecule has 0 fully saturated rings. The normalized spacial score (nSPS) is 12.5. The number of hydrogen-bond donors (Lipinski definition) is 1. The molecule has 0 saturated heterocycles. The van der Waals surface area contributed by atoms with Crippen LogP contribution in [-0.4, -0.2) is 46.4 Å². The monoisotopic (exact) mass is 471 g/mol. The highest BCUT2D eigenvalue weighted by atomic mass is 32.2. The average Bonchev–Trinajstić information content (AvgIpc) is 3.30. The number of hydrogen-bond acceptors (Lipinski definition) is 6. The third-order valence-electron chi connectivity index (χ3n) is 5.24. The van der Waals surface area contributed by atoms with Gasteiger partial charge in [-0.25, -0.2) is 13.1 Å². The van der Waals surface area contributed by atoms with Gasteiger partial charge in [0.15, 0.2) is 0 Å². The molecule has 0 aliphatic rings. The zero-order chi connectivity index (χ0) is 24.2. The quantitative estimate of drug-likeness (QED) is 0.377. The van der Waals surface area contributed by atoms with Crippen molar-refractivity contribution in [2.45, 2.75) is 31.7 Å². The third-order valence-corrected chi connectivity index (χ3v) is 7.30. The zero-order valence-electron chi connectivity index (χ0n) is 18.5. The second kappa shape index (κ2) is 9.92. The van der Waals surface area contributed by atoms with Crippen LogP contribution in [0.1, 0.15) is 42.7 Å². The summed E-state index contributed by atoms with van der Waals surface area (Å²) in [7, 11) is -3.54. The lowest BCUT2D eigenvalue weighted by Gasteiger charge is -2.19. The Morgan fingerprint density at radius 2 is 1.73 bits per heavy atom. The van der Waals surface area contributed by atoms with E-state index < -0.39 is 14.9 Å². The predicted molar refractivity (Wildman–Crippen MR) is 123 cm³/mol. The molecule has 0 spiro atoms. The van der Waals surface area contributed by atoms with Crippen LogP contribution in [0.4, 0.5) is 5.69 Å². The van der Waals surface area contributed by atoms with E-state index in [1.54, 1.807) is 45.0 Å². The van der Waals surface area contributed by atoms with Crippen molar-refractivity contribution in [2.24, 2.45) is 0 Å². The van der Waals surface area contributed by atoms with Crippen LogP contribution in [-0.2, 0) is 10.0 Å². The lowest BCUT2D eigenvalue weighted by atomic mass is 10.1. The number of carbonyl (C=O) groups is 1. The fraction of sp³-hybridized carbons (Fsp3) is 0.273. The van der Waals surface area contributed by atoms with Gasteiger partial charge in [-0.05, 0) is 36.8 Å². The van der Waals surface area contributed by atoms with Crippen molar-refractivity contribution in [1.82, 2.24) is 19.4 Å². The third kappa shape index (κ3) is 5.26. The molecule has 0 bridgehead atoms. The van der Waals surface area contributed by atoms with E-state index in [9.17, 15) is 23.3 Å². The summed E-state index contributed by atoms with van der Waals surface area (Å²) in [5, 5.41) is 17.8. The molecule has 1 atom stereocenters. The Balaban J connectivity index is 1.69. The minimum Gasteiger partial charge on any atom is -0.345 e. The van der Waals surface area contributed by atoms with Gasteiger partial charge in [0, 0.05) is 31.4 Å². The van der Waals surface area contributed by atoms with Gasteiger partial charge in [-0.1, -0.05) is 26.0 Å². The summed E-state index contributed by atoms with van der Waals surface area (Å²) in [6, 6.07) is 11.9. The molecular formula is C22H25N5O5S. The van der Waals surface area contributed by atoms with Crippen molar-refractivity contribution in [3.63, 3.8) is 0 Å². The molecule has 0 aliphatic carbocycles. The molecule has 0 radical (unpaired) electrons. The van der Waals surface area contributed by atoms with Crippen molar-refractivity contribution >= 4 is 21.6 Å². The maximum atomic E-state index is 12.7. The molecule has 0 saturated carbocycles. The smallest absolute Gasteiger partial charge is 0.269 e. The first-order chi connectivity index (χ1) is 15.7. The highest BCUT2D eigenvalue weighted by molar-refractivity contribution is 7.89. The second-order valence-corrected chi connectivity index (χ2v) is 9.24. The maximum absolute atomic E-state index is 12.7. The zero-order valence-corrected chi connectivity index (χ0v) is 19.3. The highest BCUT2D eigenvalue weighted by Gasteiger charge is 2.22. The van der Waals surface area contributed by atoms with E-state index >= 15 is 0 Å². The van der Waals surface area contributed by atoms with E-state index in [4.69, 9.17) is 0 Å². The predicted octanol–water partition coefficient (Wildman–Crippen LogP) is 3.30. The number of rotatable bonds is 9. The number of nitrogens with one attached hydrogen (secondary N) is 1. The standard InChI is InChI=1S/C22H25N5O5S/c1-4-25(5-2)33(31,32)21-12-6-17(7-13-21)16(3)24-22(28)18-14-23-26(15-18)19-8-10-20(11-9-19)27(29)30/h6-16H,4-5H2,1-3H3,(H,24,28). The molecule has 174 valence electrons. The second-order valence-electron chi connectivity index (χ2n) is 7.30. The molecule has 1 heterocycles. The van der Waals surface area contributed by atoms with Crippen LogP contribution >= 0.6 is 0 Å². The Morgan fingerprint density at radius 3 is 2.27 bits per heavy atom. The van der Waals surface area contributed by atoms with Gasteiger partial charge in [-0.2, -0.15) is 9.40 Å². The number of carbonyl (C=O) groups excluding carboxylic acids is 1. The van der Waals surface area contributed by atoms with Gasteiger partial charge in [0.1, 0.15) is 0 Å². The number of sulfonamides is 1. The topological polar surface area (TPSA) is 127 Å². The first kappa shape index (κ1) is 24.1. The number of nitro groups is 1. The van der Waals surface area contributed by atoms with Gasteiger partial charge in [0.2, 0.25) is 10.0 Å². The van der Waals surface area contributed by atoms with Crippen molar-refractivity contribution < 1.29 is 18.1 Å². The number of amides is 1. The van der Waals surface area contributed by atoms with Gasteiger partial charge in [-0.3, -0.25) is 14.9 Å². The molecule has 0 aliphatic heterocycles. The first-order valence-corrected chi connectivity index (χ1v) is 11.8. The molecule has 2 aromatic carbocycles. The maximum Gasteiger partial charge on any atom is 0.269 e. The molecule has 3 aromatic rings. The summed E-state index contributed by atoms with van der Waals surface area (Å²) in [4.78, 5) is 23.2. The lowest BCUT2D eigenvalue weighted by molar-refractivity contribution is -0.384. The van der Waals surface area contributed by atoms with Crippen LogP contribution in [0.2, 0.25) is 0 Å². The summed E-state index contributed by atoms with van der Waals surface area (Å²) < 4.78 is 28.1. The van der Waals surface area contributed by atoms with Gasteiger partial charge < -0.3 is 5.32 Å². The van der Waals surface area contributed by atoms with Crippen LogP contribution in [0.15, 0.2) is 65.8 Å². The van der Waals surface area contributed by atoms with Crippen LogP contribution < -0.4 is 5.32 Å². The molecule has 33 heavy (non-hydrogen) atoms. The fourth-order valence-electron chi connectivity index (χ4n) is 3.31. The largest absolute Gasteiger partial charge is 0.345 e. The summed E-state index contributed by atoms with van der Waals surface area (Å²) >= 11 is 0. The van der Waals surface area contributed by atoms with E-state index in [0.717, 1.165) is 5.56 Å². The fourth-order valence-corrected chi connectivity index (χ4v) is 4.77. The van der Waals surface area contributed by atoms with Crippen molar-refractivity contribution in [3.8, 4) is 5.69 Å². The first-order valence-electron chi connectivity index (χ1n) is 10.4. The SMILES string of the molecule is CCN(CC)S(=O)(=O)c1ccc(C(C)NC(=O)c2cnn(-c3ccc([N+](=O)[O-])cc3)c2)cc1. The Morgan fingerprint density at radius 1 is 1.12 bits per heavy atom. The summed E-state index contributed by atoms with van der Waals surface area (Å²) in [5.41, 5.74) is 1.62. The van der Waals surface area contributed by atoms with Gasteiger partial charge >= 0.3 is 0 Å². The van der Waals surface area contributed by atoms with Crippen LogP contribution in [0.25, 0.3) is 5.69 Å². The Hall–Kier alpha value is -3.57. The minimum atomic E-state index is -3.54. The number of benzene rings is 2. The molecule has 1 aromatic heterocycles. The summed E-state index contributed by atoms with van der Waals surface area (Å²) in [5.74, 6) is -0.351. The molecule has 11 heteroatoms. The summed E-state index contributed by atoms with van der Waals surface area (Å²) in [6.07, 6.45) is 2.94. The van der Waals surface area contributed by atoms with Crippen LogP contribution in [0, 0.1) is 10.1 Å². The number of aromatic nitrogens is 2. The van der Waals surface area contributed by atoms with E-state index in [1.165, 1.54) is 45.6 Å². The van der Waals surface area contributed by atoms with E-state index in [0.29, 0.717) is 24.3 Å². The van der Waals surface area contributed by atoms with Crippen molar-refractivity contribution in [2.75, 3.05) is 13.1 Å². The number of non-ortho nitro benzene ring substituents is 1. The van der Waals surface area contributed by atoms with Crippen molar-refractivity contribution in [3.05, 3.63) is 82.2 Å². The molecule has 10 nitrogen and oxygen atoms in total. The summed E-state index contributed by atoms with van der Waals surface area (Å²) in [6.45, 7) is 6.15. The minimum absolute atomic E-state index is 0.0337. The Labute approximate surface area is 192 Å². The number of nitro benzene ring substituents is 1. The van der Waals surface area contributed by atoms with Gasteiger partial charge in [0.25, 0.3) is 11.6 Å². The molecule has 3 rings (SSSR count). The average molecular weight is 472 g/mol. The van der Waals surface area contributed by atoms with E-state index in [-0.39, 0.29) is 22.5 Å². The van der Waals surface area contributed by atoms with Crippen LogP contribution in [0.5, 0.6) is 0 Å². The Bertz CT molecular complexity index is 1230. The van der Waals surface area contributed by atoms with E-state index in [1.807, 2.05) is 0 Å². The van der Waals surface area contributed by atoms with Gasteiger partial charge in [-0.15, -0.1) is 0 Å². The molecule has 1 unspecified atom stereocenters. The molecule has 1 N–H and O–H groups in total.